The number of hydrogen-bond acceptors (Lipinski definition) is 2. The molecule has 0 aliphatic rings. The fraction of sp³-hybridized carbons (Fsp3) is 0.462. The van der Waals surface area contributed by atoms with Crippen molar-refractivity contribution in [1.29, 1.82) is 5.41 Å². The van der Waals surface area contributed by atoms with Crippen LogP contribution in [-0.4, -0.2) is 12.4 Å². The number of nitrogens with one attached hydrogen (secondary N) is 1. The molecule has 0 saturated carbocycles. The van der Waals surface area contributed by atoms with Crippen molar-refractivity contribution in [2.24, 2.45) is 5.73 Å². The summed E-state index contributed by atoms with van der Waals surface area (Å²) in [4.78, 5) is 0. The number of nitrogens with two attached hydrogens (primary N) is 1. The summed E-state index contributed by atoms with van der Waals surface area (Å²) in [6, 6.07) is 5.60. The van der Waals surface area contributed by atoms with Gasteiger partial charge in [0.2, 0.25) is 0 Å². The maximum Gasteiger partial charge on any atom is 0.122 e. The first-order valence-electron chi connectivity index (χ1n) is 5.73. The number of benzene rings is 1. The van der Waals surface area contributed by atoms with Crippen molar-refractivity contribution >= 4 is 5.84 Å². The Kier molecular flexibility index (Phi) is 4.83. The summed E-state index contributed by atoms with van der Waals surface area (Å²) in [7, 11) is 0. The van der Waals surface area contributed by atoms with Crippen molar-refractivity contribution in [1.82, 2.24) is 0 Å². The molecule has 0 unspecified atom stereocenters. The Morgan fingerprint density at radius 1 is 1.38 bits per heavy atom. The molecule has 3 N–H and O–H groups in total. The van der Waals surface area contributed by atoms with Crippen molar-refractivity contribution in [3.05, 3.63) is 29.3 Å². The van der Waals surface area contributed by atoms with E-state index in [-0.39, 0.29) is 5.84 Å². The number of nitrogen functional groups attached to an aromatic ring is 1. The standard InChI is InChI=1S/C13H20N2O/c1-3-4-5-8-16-12-7-6-11(13(14)15)9-10(12)2/h6-7,9H,3-5,8H2,1-2H3,(H3,14,15). The van der Waals surface area contributed by atoms with Crippen LogP contribution in [0.15, 0.2) is 18.2 Å². The van der Waals surface area contributed by atoms with Crippen molar-refractivity contribution in [2.45, 2.75) is 33.1 Å². The minimum absolute atomic E-state index is 0.0978. The molecular formula is C13H20N2O. The summed E-state index contributed by atoms with van der Waals surface area (Å²) < 4.78 is 5.66. The summed E-state index contributed by atoms with van der Waals surface area (Å²) in [5, 5.41) is 7.33. The predicted molar refractivity (Wildman–Crippen MR) is 67.2 cm³/mol. The minimum atomic E-state index is 0.0978. The number of rotatable bonds is 6. The summed E-state index contributed by atoms with van der Waals surface area (Å²) in [5.41, 5.74) is 7.20. The molecule has 1 rings (SSSR count). The zero-order valence-electron chi connectivity index (χ0n) is 10.0. The largest absolute Gasteiger partial charge is 0.493 e. The van der Waals surface area contributed by atoms with Crippen LogP contribution < -0.4 is 10.5 Å². The monoisotopic (exact) mass is 220 g/mol. The number of ether oxygens (including phenoxy) is 1. The van der Waals surface area contributed by atoms with Crippen molar-refractivity contribution in [3.63, 3.8) is 0 Å². The Morgan fingerprint density at radius 2 is 2.12 bits per heavy atom. The van der Waals surface area contributed by atoms with E-state index >= 15 is 0 Å². The molecule has 0 aliphatic carbocycles. The van der Waals surface area contributed by atoms with Crippen molar-refractivity contribution in [3.8, 4) is 5.75 Å². The average molecular weight is 220 g/mol. The second-order valence-electron chi connectivity index (χ2n) is 3.95. The van der Waals surface area contributed by atoms with Gasteiger partial charge in [0.1, 0.15) is 11.6 Å². The van der Waals surface area contributed by atoms with E-state index < -0.39 is 0 Å². The van der Waals surface area contributed by atoms with Crippen LogP contribution in [0.1, 0.15) is 37.3 Å². The van der Waals surface area contributed by atoms with Gasteiger partial charge in [0, 0.05) is 5.56 Å². The lowest BCUT2D eigenvalue weighted by atomic mass is 10.1. The molecule has 3 nitrogen and oxygen atoms in total. The zero-order chi connectivity index (χ0) is 12.0. The Hall–Kier alpha value is -1.51. The van der Waals surface area contributed by atoms with Crippen LogP contribution in [-0.2, 0) is 0 Å². The smallest absolute Gasteiger partial charge is 0.122 e. The topological polar surface area (TPSA) is 59.1 Å². The van der Waals surface area contributed by atoms with Crippen LogP contribution >= 0.6 is 0 Å². The molecule has 0 radical (unpaired) electrons. The SMILES string of the molecule is CCCCCOc1ccc(C(=N)N)cc1C. The molecule has 1 aromatic rings. The Balaban J connectivity index is 2.57. The third-order valence-corrected chi connectivity index (χ3v) is 2.49. The van der Waals surface area contributed by atoms with Crippen LogP contribution in [0.3, 0.4) is 0 Å². The van der Waals surface area contributed by atoms with Crippen LogP contribution in [0.4, 0.5) is 0 Å². The van der Waals surface area contributed by atoms with Gasteiger partial charge in [-0.2, -0.15) is 0 Å². The van der Waals surface area contributed by atoms with Gasteiger partial charge in [-0.3, -0.25) is 5.41 Å². The predicted octanol–water partition coefficient (Wildman–Crippen LogP) is 2.85. The molecule has 0 aliphatic heterocycles. The average Bonchev–Trinajstić information content (AvgIpc) is 2.26. The van der Waals surface area contributed by atoms with E-state index in [0.717, 1.165) is 29.9 Å². The summed E-state index contributed by atoms with van der Waals surface area (Å²) in [6.45, 7) is 4.91. The lowest BCUT2D eigenvalue weighted by Crippen LogP contribution is -2.11. The molecule has 1 aromatic carbocycles. The van der Waals surface area contributed by atoms with E-state index in [9.17, 15) is 0 Å². The third kappa shape index (κ3) is 3.57. The van der Waals surface area contributed by atoms with E-state index in [1.54, 1.807) is 0 Å². The van der Waals surface area contributed by atoms with Gasteiger partial charge in [-0.05, 0) is 37.1 Å². The van der Waals surface area contributed by atoms with Crippen molar-refractivity contribution in [2.75, 3.05) is 6.61 Å². The van der Waals surface area contributed by atoms with E-state index in [1.165, 1.54) is 12.8 Å². The second-order valence-corrected chi connectivity index (χ2v) is 3.95. The van der Waals surface area contributed by atoms with Crippen LogP contribution in [0.5, 0.6) is 5.75 Å². The lowest BCUT2D eigenvalue weighted by Gasteiger charge is -2.10. The molecule has 0 aromatic heterocycles. The first-order chi connectivity index (χ1) is 7.65. The molecule has 0 bridgehead atoms. The Labute approximate surface area is 97.1 Å². The molecular weight excluding hydrogens is 200 g/mol. The quantitative estimate of drug-likeness (QED) is 0.440. The van der Waals surface area contributed by atoms with Crippen LogP contribution in [0.25, 0.3) is 0 Å². The Morgan fingerprint density at radius 3 is 2.69 bits per heavy atom. The summed E-state index contributed by atoms with van der Waals surface area (Å²) >= 11 is 0. The molecule has 88 valence electrons. The van der Waals surface area contributed by atoms with Gasteiger partial charge in [0.25, 0.3) is 0 Å². The maximum atomic E-state index is 7.33. The molecule has 0 spiro atoms. The van der Waals surface area contributed by atoms with Gasteiger partial charge in [0.05, 0.1) is 6.61 Å². The first-order valence-corrected chi connectivity index (χ1v) is 5.73. The van der Waals surface area contributed by atoms with E-state index in [2.05, 4.69) is 6.92 Å². The van der Waals surface area contributed by atoms with Crippen LogP contribution in [0, 0.1) is 12.3 Å². The molecule has 0 saturated heterocycles. The minimum Gasteiger partial charge on any atom is -0.493 e. The molecule has 3 heteroatoms. The zero-order valence-corrected chi connectivity index (χ0v) is 10.0. The fourth-order valence-electron chi connectivity index (χ4n) is 1.51. The van der Waals surface area contributed by atoms with E-state index in [1.807, 2.05) is 25.1 Å². The highest BCUT2D eigenvalue weighted by Gasteiger charge is 2.02. The van der Waals surface area contributed by atoms with Gasteiger partial charge in [-0.25, -0.2) is 0 Å². The van der Waals surface area contributed by atoms with Crippen LogP contribution in [0.2, 0.25) is 0 Å². The van der Waals surface area contributed by atoms with E-state index in [4.69, 9.17) is 15.9 Å². The number of amidine groups is 1. The summed E-state index contributed by atoms with van der Waals surface area (Å²) in [5.74, 6) is 0.988. The van der Waals surface area contributed by atoms with Gasteiger partial charge in [-0.15, -0.1) is 0 Å². The number of unbranched alkanes of at least 4 members (excludes halogenated alkanes) is 2. The maximum absolute atomic E-state index is 7.33. The van der Waals surface area contributed by atoms with E-state index in [0.29, 0.717) is 0 Å². The highest BCUT2D eigenvalue weighted by molar-refractivity contribution is 5.95. The highest BCUT2D eigenvalue weighted by Crippen LogP contribution is 2.19. The van der Waals surface area contributed by atoms with Gasteiger partial charge < -0.3 is 10.5 Å². The fourth-order valence-corrected chi connectivity index (χ4v) is 1.51. The van der Waals surface area contributed by atoms with Crippen molar-refractivity contribution < 1.29 is 4.74 Å². The van der Waals surface area contributed by atoms with Gasteiger partial charge >= 0.3 is 0 Å². The first kappa shape index (κ1) is 12.6. The van der Waals surface area contributed by atoms with Gasteiger partial charge in [-0.1, -0.05) is 19.8 Å². The molecule has 0 heterocycles. The van der Waals surface area contributed by atoms with Gasteiger partial charge in [0.15, 0.2) is 0 Å². The number of hydrogen-bond donors (Lipinski definition) is 2. The molecule has 16 heavy (non-hydrogen) atoms. The number of aryl methyl sites for hydroxylation is 1. The second kappa shape index (κ2) is 6.16. The normalized spacial score (nSPS) is 10.1. The summed E-state index contributed by atoms with van der Waals surface area (Å²) in [6.07, 6.45) is 3.49. The molecule has 0 amide bonds. The lowest BCUT2D eigenvalue weighted by molar-refractivity contribution is 0.304. The molecule has 0 fully saturated rings. The third-order valence-electron chi connectivity index (χ3n) is 2.49. The highest BCUT2D eigenvalue weighted by atomic mass is 16.5. The Bertz CT molecular complexity index is 361. The molecule has 0 atom stereocenters.